The topological polar surface area (TPSA) is 29.1 Å². The summed E-state index contributed by atoms with van der Waals surface area (Å²) in [6.45, 7) is 4.01. The molecule has 110 valence electrons. The fourth-order valence-corrected chi connectivity index (χ4v) is 2.90. The number of ketones is 1. The number of allylic oxidation sites excluding steroid dienone is 4. The Morgan fingerprint density at radius 2 is 2.10 bits per heavy atom. The Morgan fingerprint density at radius 1 is 1.40 bits per heavy atom. The van der Waals surface area contributed by atoms with Crippen LogP contribution in [-0.4, -0.2) is 12.8 Å². The molecule has 0 atom stereocenters. The lowest BCUT2D eigenvalue weighted by molar-refractivity contribution is 0.0997. The van der Waals surface area contributed by atoms with Crippen molar-refractivity contribution in [2.45, 2.75) is 33.1 Å². The van der Waals surface area contributed by atoms with Gasteiger partial charge in [0.1, 0.15) is 0 Å². The third-order valence-electron chi connectivity index (χ3n) is 2.80. The molecule has 0 aliphatic rings. The maximum Gasteiger partial charge on any atom is 0.169 e. The molecule has 0 fully saturated rings. The average Bonchev–Trinajstić information content (AvgIpc) is 2.89. The van der Waals surface area contributed by atoms with E-state index in [9.17, 15) is 4.79 Å². The van der Waals surface area contributed by atoms with E-state index in [0.29, 0.717) is 22.9 Å². The summed E-state index contributed by atoms with van der Waals surface area (Å²) in [5.74, 6) is 0.0821. The molecule has 5 heteroatoms. The number of rotatable bonds is 7. The highest BCUT2D eigenvalue weighted by molar-refractivity contribution is 7.16. The van der Waals surface area contributed by atoms with Crippen LogP contribution >= 0.6 is 34.5 Å². The number of Topliss-reactive ketones (excluding diaryl/α,β-unsaturated/α-hetero) is 1. The van der Waals surface area contributed by atoms with Crippen LogP contribution in [0.3, 0.4) is 0 Å². The Kier molecular flexibility index (Phi) is 7.35. The smallest absolute Gasteiger partial charge is 0.169 e. The number of thiophene rings is 1. The van der Waals surface area contributed by atoms with Crippen molar-refractivity contribution in [3.63, 3.8) is 0 Å². The van der Waals surface area contributed by atoms with E-state index in [2.05, 4.69) is 12.2 Å². The first-order valence-electron chi connectivity index (χ1n) is 6.57. The van der Waals surface area contributed by atoms with Crippen LogP contribution in [0.15, 0.2) is 28.3 Å². The molecule has 1 aromatic rings. The number of hydrogen-bond acceptors (Lipinski definition) is 3. The molecular formula is C15H19Cl2NOS. The molecule has 1 N–H and O–H groups in total. The van der Waals surface area contributed by atoms with Gasteiger partial charge in [0.2, 0.25) is 0 Å². The first kappa shape index (κ1) is 17.3. The van der Waals surface area contributed by atoms with Crippen LogP contribution in [-0.2, 0) is 6.42 Å². The van der Waals surface area contributed by atoms with E-state index in [4.69, 9.17) is 23.2 Å². The second kappa shape index (κ2) is 8.50. The fraction of sp³-hybridized carbons (Fsp3) is 0.400. The van der Waals surface area contributed by atoms with Gasteiger partial charge in [0.15, 0.2) is 5.78 Å². The summed E-state index contributed by atoms with van der Waals surface area (Å²) in [5, 5.41) is 5.10. The van der Waals surface area contributed by atoms with Gasteiger partial charge < -0.3 is 5.32 Å². The van der Waals surface area contributed by atoms with E-state index >= 15 is 0 Å². The van der Waals surface area contributed by atoms with Gasteiger partial charge in [-0.05, 0) is 25.0 Å². The van der Waals surface area contributed by atoms with E-state index in [1.165, 1.54) is 4.88 Å². The molecule has 2 nitrogen and oxygen atoms in total. The minimum Gasteiger partial charge on any atom is -0.379 e. The molecule has 0 aromatic carbocycles. The summed E-state index contributed by atoms with van der Waals surface area (Å²) >= 11 is 13.5. The number of hydrogen-bond donors (Lipinski definition) is 1. The molecule has 20 heavy (non-hydrogen) atoms. The second-order valence-electron chi connectivity index (χ2n) is 4.20. The van der Waals surface area contributed by atoms with Crippen LogP contribution in [0.25, 0.3) is 0 Å². The van der Waals surface area contributed by atoms with Crippen molar-refractivity contribution in [3.8, 4) is 0 Å². The summed E-state index contributed by atoms with van der Waals surface area (Å²) < 4.78 is 0. The Hall–Kier alpha value is -0.770. The molecule has 0 saturated carbocycles. The zero-order chi connectivity index (χ0) is 15.1. The predicted octanol–water partition coefficient (Wildman–Crippen LogP) is 5.58. The number of nitrogens with one attached hydrogen (secondary N) is 1. The molecule has 1 aromatic heterocycles. The van der Waals surface area contributed by atoms with Gasteiger partial charge in [-0.1, -0.05) is 43.1 Å². The predicted molar refractivity (Wildman–Crippen MR) is 90.4 cm³/mol. The number of halogens is 2. The Balaban J connectivity index is 2.77. The van der Waals surface area contributed by atoms with E-state index in [0.717, 1.165) is 17.0 Å². The van der Waals surface area contributed by atoms with E-state index in [1.54, 1.807) is 23.5 Å². The van der Waals surface area contributed by atoms with Crippen molar-refractivity contribution in [2.75, 3.05) is 12.4 Å². The third-order valence-corrected chi connectivity index (χ3v) is 5.01. The van der Waals surface area contributed by atoms with Gasteiger partial charge in [-0.3, -0.25) is 4.79 Å². The van der Waals surface area contributed by atoms with E-state index < -0.39 is 0 Å². The maximum absolute atomic E-state index is 12.2. The minimum atomic E-state index is 0.0821. The van der Waals surface area contributed by atoms with Crippen molar-refractivity contribution in [1.82, 2.24) is 0 Å². The highest BCUT2D eigenvalue weighted by Gasteiger charge is 2.13. The zero-order valence-corrected chi connectivity index (χ0v) is 14.3. The number of aryl methyl sites for hydroxylation is 1. The fourth-order valence-electron chi connectivity index (χ4n) is 1.65. The van der Waals surface area contributed by atoms with Crippen LogP contribution in [0.2, 0.25) is 0 Å². The number of carbonyl (C=O) groups excluding carboxylic acids is 1. The maximum atomic E-state index is 12.2. The molecule has 0 saturated heterocycles. The van der Waals surface area contributed by atoms with Gasteiger partial charge >= 0.3 is 0 Å². The lowest BCUT2D eigenvalue weighted by Gasteiger charge is -1.99. The van der Waals surface area contributed by atoms with E-state index in [-0.39, 0.29) is 5.78 Å². The Labute approximate surface area is 134 Å². The van der Waals surface area contributed by atoms with Crippen molar-refractivity contribution >= 4 is 45.3 Å². The molecular weight excluding hydrogens is 313 g/mol. The summed E-state index contributed by atoms with van der Waals surface area (Å²) in [4.78, 5) is 13.4. The highest BCUT2D eigenvalue weighted by Crippen LogP contribution is 2.29. The zero-order valence-electron chi connectivity index (χ0n) is 11.9. The van der Waals surface area contributed by atoms with Gasteiger partial charge in [0.25, 0.3) is 0 Å². The molecule has 0 spiro atoms. The standard InChI is InChI=1S/C15H19Cl2NOS/c1-4-10-9-11(15(18-3)20-10)14(19)8-6-7-13(17)12(16)5-2/h6-7,9,18H,4-5,8H2,1-3H3/b7-6-,13-12-. The largest absolute Gasteiger partial charge is 0.379 e. The lowest BCUT2D eigenvalue weighted by atomic mass is 10.1. The molecule has 1 heterocycles. The molecule has 0 amide bonds. The first-order chi connectivity index (χ1) is 9.53. The van der Waals surface area contributed by atoms with Crippen LogP contribution in [0.1, 0.15) is 41.9 Å². The van der Waals surface area contributed by atoms with Crippen LogP contribution < -0.4 is 5.32 Å². The quantitative estimate of drug-likeness (QED) is 0.521. The van der Waals surface area contributed by atoms with Gasteiger partial charge in [-0.2, -0.15) is 0 Å². The summed E-state index contributed by atoms with van der Waals surface area (Å²) in [7, 11) is 1.83. The molecule has 0 unspecified atom stereocenters. The SMILES string of the molecule is CC/C(Cl)=C(Cl)\C=C/CC(=O)c1cc(CC)sc1NC. The minimum absolute atomic E-state index is 0.0821. The van der Waals surface area contributed by atoms with E-state index in [1.807, 2.05) is 20.0 Å². The van der Waals surface area contributed by atoms with Crippen LogP contribution in [0.5, 0.6) is 0 Å². The van der Waals surface area contributed by atoms with Crippen LogP contribution in [0.4, 0.5) is 5.00 Å². The number of carbonyl (C=O) groups is 1. The summed E-state index contributed by atoms with van der Waals surface area (Å²) in [5.41, 5.74) is 0.751. The van der Waals surface area contributed by atoms with Crippen LogP contribution in [0, 0.1) is 0 Å². The monoisotopic (exact) mass is 331 g/mol. The van der Waals surface area contributed by atoms with Gasteiger partial charge in [-0.15, -0.1) is 11.3 Å². The van der Waals surface area contributed by atoms with Gasteiger partial charge in [0.05, 0.1) is 15.6 Å². The normalized spacial score (nSPS) is 12.7. The van der Waals surface area contributed by atoms with Crippen molar-refractivity contribution in [2.24, 2.45) is 0 Å². The van der Waals surface area contributed by atoms with Gasteiger partial charge in [-0.25, -0.2) is 0 Å². The van der Waals surface area contributed by atoms with Crippen molar-refractivity contribution in [3.05, 3.63) is 38.7 Å². The molecule has 0 aliphatic carbocycles. The molecule has 0 radical (unpaired) electrons. The average molecular weight is 332 g/mol. The Morgan fingerprint density at radius 3 is 2.65 bits per heavy atom. The first-order valence-corrected chi connectivity index (χ1v) is 8.15. The van der Waals surface area contributed by atoms with Crippen molar-refractivity contribution in [1.29, 1.82) is 0 Å². The summed E-state index contributed by atoms with van der Waals surface area (Å²) in [6, 6.07) is 1.96. The second-order valence-corrected chi connectivity index (χ2v) is 6.20. The number of anilines is 1. The molecule has 0 bridgehead atoms. The van der Waals surface area contributed by atoms with Crippen molar-refractivity contribution < 1.29 is 4.79 Å². The Bertz CT molecular complexity index is 532. The lowest BCUT2D eigenvalue weighted by Crippen LogP contribution is -1.99. The molecule has 1 rings (SSSR count). The summed E-state index contributed by atoms with van der Waals surface area (Å²) in [6.07, 6.45) is 5.39. The highest BCUT2D eigenvalue weighted by atomic mass is 35.5. The van der Waals surface area contributed by atoms with Gasteiger partial charge in [0, 0.05) is 23.4 Å². The third kappa shape index (κ3) is 4.65. The molecule has 0 aliphatic heterocycles.